The number of quaternary nitrogens is 1. The molecule has 0 bridgehead atoms. The van der Waals surface area contributed by atoms with Crippen molar-refractivity contribution >= 4 is 17.9 Å². The van der Waals surface area contributed by atoms with Gasteiger partial charge in [-0.15, -0.1) is 0 Å². The van der Waals surface area contributed by atoms with Crippen LogP contribution in [0.2, 0.25) is 0 Å². The van der Waals surface area contributed by atoms with E-state index in [9.17, 15) is 19.5 Å². The van der Waals surface area contributed by atoms with E-state index in [2.05, 4.69) is 26.0 Å². The van der Waals surface area contributed by atoms with Gasteiger partial charge in [-0.2, -0.15) is 0 Å². The fourth-order valence-corrected chi connectivity index (χ4v) is 4.73. The molecule has 0 rings (SSSR count). The molecule has 0 aliphatic rings. The predicted molar refractivity (Wildman–Crippen MR) is 169 cm³/mol. The highest BCUT2D eigenvalue weighted by Crippen LogP contribution is 2.12. The lowest BCUT2D eigenvalue weighted by Crippen LogP contribution is -2.50. The van der Waals surface area contributed by atoms with Crippen LogP contribution in [-0.4, -0.2) is 80.6 Å². The van der Waals surface area contributed by atoms with Crippen molar-refractivity contribution in [1.29, 1.82) is 0 Å². The Morgan fingerprint density at radius 2 is 1.19 bits per heavy atom. The van der Waals surface area contributed by atoms with Crippen LogP contribution in [0.3, 0.4) is 0 Å². The zero-order chi connectivity index (χ0) is 31.5. The van der Waals surface area contributed by atoms with Gasteiger partial charge in [0, 0.05) is 19.3 Å². The Bertz CT molecular complexity index is 717. The largest absolute Gasteiger partial charge is 0.477 e. The number of hydrogen-bond acceptors (Lipinski definition) is 6. The molecule has 0 aromatic rings. The molecule has 0 saturated carbocycles. The lowest BCUT2D eigenvalue weighted by molar-refractivity contribution is -0.887. The Hall–Kier alpha value is -1.93. The van der Waals surface area contributed by atoms with E-state index in [1.165, 1.54) is 44.9 Å². The van der Waals surface area contributed by atoms with E-state index in [4.69, 9.17) is 14.2 Å². The van der Waals surface area contributed by atoms with Crippen molar-refractivity contribution < 1.29 is 38.2 Å². The van der Waals surface area contributed by atoms with Gasteiger partial charge < -0.3 is 23.8 Å². The SMILES string of the molecule is CCCCCCC/C=C\CCCCCCCC(=O)OC(COCCC(C(=O)O)[N+](C)(C)C)COC(=O)CCCCCC. The number of ether oxygens (including phenoxy) is 3. The van der Waals surface area contributed by atoms with Gasteiger partial charge in [-0.1, -0.05) is 90.2 Å². The maximum Gasteiger partial charge on any atom is 0.362 e. The number of allylic oxidation sites excluding steroid dienone is 2. The highest BCUT2D eigenvalue weighted by atomic mass is 16.6. The number of aliphatic carboxylic acids is 1. The molecule has 246 valence electrons. The molecule has 0 saturated heterocycles. The zero-order valence-corrected chi connectivity index (χ0v) is 27.7. The Kier molecular flexibility index (Phi) is 25.5. The molecule has 8 heteroatoms. The molecular weight excluding hydrogens is 534 g/mol. The number of carbonyl (C=O) groups excluding carboxylic acids is 2. The highest BCUT2D eigenvalue weighted by molar-refractivity contribution is 5.72. The third kappa shape index (κ3) is 24.6. The van der Waals surface area contributed by atoms with Gasteiger partial charge >= 0.3 is 17.9 Å². The zero-order valence-electron chi connectivity index (χ0n) is 27.7. The molecule has 0 aromatic carbocycles. The molecule has 0 fully saturated rings. The van der Waals surface area contributed by atoms with Crippen molar-refractivity contribution in [2.45, 2.75) is 148 Å². The van der Waals surface area contributed by atoms with Gasteiger partial charge in [-0.3, -0.25) is 9.59 Å². The summed E-state index contributed by atoms with van der Waals surface area (Å²) in [6, 6.07) is -0.608. The summed E-state index contributed by atoms with van der Waals surface area (Å²) in [6.07, 6.45) is 23.0. The minimum Gasteiger partial charge on any atom is -0.477 e. The van der Waals surface area contributed by atoms with E-state index in [0.29, 0.717) is 19.3 Å². The molecule has 42 heavy (non-hydrogen) atoms. The van der Waals surface area contributed by atoms with Crippen LogP contribution in [0.1, 0.15) is 136 Å². The fourth-order valence-electron chi connectivity index (χ4n) is 4.73. The number of esters is 2. The van der Waals surface area contributed by atoms with Crippen molar-refractivity contribution in [3.8, 4) is 0 Å². The molecular formula is C34H64NO7+. The van der Waals surface area contributed by atoms with E-state index >= 15 is 0 Å². The van der Waals surface area contributed by atoms with Crippen LogP contribution in [0.4, 0.5) is 0 Å². The molecule has 0 spiro atoms. The van der Waals surface area contributed by atoms with Gasteiger partial charge in [0.15, 0.2) is 12.1 Å². The monoisotopic (exact) mass is 598 g/mol. The first-order valence-corrected chi connectivity index (χ1v) is 16.7. The van der Waals surface area contributed by atoms with Crippen molar-refractivity contribution in [1.82, 2.24) is 0 Å². The van der Waals surface area contributed by atoms with Crippen molar-refractivity contribution in [2.75, 3.05) is 41.0 Å². The van der Waals surface area contributed by atoms with Crippen LogP contribution in [-0.2, 0) is 28.6 Å². The predicted octanol–water partition coefficient (Wildman–Crippen LogP) is 7.63. The third-order valence-corrected chi connectivity index (χ3v) is 7.41. The summed E-state index contributed by atoms with van der Waals surface area (Å²) in [6.45, 7) is 4.58. The number of hydrogen-bond donors (Lipinski definition) is 1. The first-order valence-electron chi connectivity index (χ1n) is 16.7. The number of carbonyl (C=O) groups is 3. The van der Waals surface area contributed by atoms with E-state index in [-0.39, 0.29) is 36.2 Å². The summed E-state index contributed by atoms with van der Waals surface area (Å²) in [4.78, 5) is 36.3. The highest BCUT2D eigenvalue weighted by Gasteiger charge is 2.31. The molecule has 8 nitrogen and oxygen atoms in total. The van der Waals surface area contributed by atoms with Gasteiger partial charge in [0.05, 0.1) is 34.4 Å². The Morgan fingerprint density at radius 1 is 0.690 bits per heavy atom. The van der Waals surface area contributed by atoms with Gasteiger partial charge in [-0.25, -0.2) is 4.79 Å². The van der Waals surface area contributed by atoms with Gasteiger partial charge in [0.25, 0.3) is 0 Å². The summed E-state index contributed by atoms with van der Waals surface area (Å²) in [5.74, 6) is -1.50. The minimum absolute atomic E-state index is 0.0533. The lowest BCUT2D eigenvalue weighted by atomic mass is 10.1. The van der Waals surface area contributed by atoms with Crippen LogP contribution >= 0.6 is 0 Å². The van der Waals surface area contributed by atoms with Crippen molar-refractivity contribution in [3.63, 3.8) is 0 Å². The molecule has 0 amide bonds. The van der Waals surface area contributed by atoms with Gasteiger partial charge in [0.2, 0.25) is 0 Å². The minimum atomic E-state index is -0.879. The molecule has 1 N–H and O–H groups in total. The van der Waals surface area contributed by atoms with Crippen molar-refractivity contribution in [2.24, 2.45) is 0 Å². The van der Waals surface area contributed by atoms with E-state index in [1.54, 1.807) is 0 Å². The van der Waals surface area contributed by atoms with Crippen LogP contribution in [0.5, 0.6) is 0 Å². The second-order valence-corrected chi connectivity index (χ2v) is 12.4. The standard InChI is InChI=1S/C34H63NO7/c1-6-8-10-12-13-14-15-16-17-18-19-20-21-23-25-33(37)42-30(29-41-32(36)24-22-11-9-7-2)28-40-27-26-31(34(38)39)35(3,4)5/h15-16,30-31H,6-14,17-29H2,1-5H3/p+1/b16-15-. The molecule has 0 aromatic heterocycles. The quantitative estimate of drug-likeness (QED) is 0.0409. The summed E-state index contributed by atoms with van der Waals surface area (Å²) in [5.41, 5.74) is 0. The molecule has 2 atom stereocenters. The topological polar surface area (TPSA) is 99.1 Å². The maximum absolute atomic E-state index is 12.5. The number of nitrogens with zero attached hydrogens (tertiary/aromatic N) is 1. The first-order chi connectivity index (χ1) is 20.1. The maximum atomic E-state index is 12.5. The number of carboxylic acids is 1. The molecule has 0 heterocycles. The molecule has 0 aliphatic heterocycles. The molecule has 0 radical (unpaired) electrons. The number of likely N-dealkylation sites (N-methyl/N-ethyl adjacent to an activating group) is 1. The Morgan fingerprint density at radius 3 is 1.74 bits per heavy atom. The van der Waals surface area contributed by atoms with Crippen LogP contribution in [0, 0.1) is 0 Å². The fraction of sp³-hybridized carbons (Fsp3) is 0.853. The average molecular weight is 599 g/mol. The number of unbranched alkanes of at least 4 members (excludes halogenated alkanes) is 13. The molecule has 0 aliphatic carbocycles. The van der Waals surface area contributed by atoms with Crippen LogP contribution < -0.4 is 0 Å². The van der Waals surface area contributed by atoms with Crippen LogP contribution in [0.25, 0.3) is 0 Å². The summed E-state index contributed by atoms with van der Waals surface area (Å²) in [7, 11) is 5.49. The summed E-state index contributed by atoms with van der Waals surface area (Å²) in [5, 5.41) is 9.51. The van der Waals surface area contributed by atoms with Gasteiger partial charge in [-0.05, 0) is 38.5 Å². The average Bonchev–Trinajstić information content (AvgIpc) is 2.93. The summed E-state index contributed by atoms with van der Waals surface area (Å²) >= 11 is 0. The van der Waals surface area contributed by atoms with Crippen LogP contribution in [0.15, 0.2) is 12.2 Å². The van der Waals surface area contributed by atoms with E-state index < -0.39 is 18.1 Å². The Balaban J connectivity index is 4.36. The normalized spacial score (nSPS) is 13.3. The third-order valence-electron chi connectivity index (χ3n) is 7.41. The first kappa shape index (κ1) is 40.1. The number of carboxylic acid groups (broad SMARTS) is 1. The van der Waals surface area contributed by atoms with Gasteiger partial charge in [0.1, 0.15) is 6.61 Å². The smallest absolute Gasteiger partial charge is 0.362 e. The summed E-state index contributed by atoms with van der Waals surface area (Å²) < 4.78 is 17.0. The Labute approximate surface area is 257 Å². The van der Waals surface area contributed by atoms with E-state index in [0.717, 1.165) is 57.8 Å². The van der Waals surface area contributed by atoms with Crippen molar-refractivity contribution in [3.05, 3.63) is 12.2 Å². The second kappa shape index (κ2) is 26.7. The number of rotatable bonds is 29. The second-order valence-electron chi connectivity index (χ2n) is 12.4. The lowest BCUT2D eigenvalue weighted by Gasteiger charge is -2.31. The van der Waals surface area contributed by atoms with E-state index in [1.807, 2.05) is 21.1 Å². The molecule has 2 unspecified atom stereocenters.